The van der Waals surface area contributed by atoms with Gasteiger partial charge in [-0.1, -0.05) is 24.3 Å². The molecular weight excluding hydrogens is 393 g/mol. The molecule has 0 aliphatic carbocycles. The first kappa shape index (κ1) is 20.6. The topological polar surface area (TPSA) is 46.8 Å². The molecule has 6 heteroatoms. The molecule has 4 rings (SSSR count). The Morgan fingerprint density at radius 3 is 2.68 bits per heavy atom. The number of halogens is 1. The average Bonchev–Trinajstić information content (AvgIpc) is 3.19. The van der Waals surface area contributed by atoms with Crippen LogP contribution in [0.5, 0.6) is 5.75 Å². The number of imidazole rings is 1. The molecule has 1 unspecified atom stereocenters. The highest BCUT2D eigenvalue weighted by molar-refractivity contribution is 5.94. The smallest absolute Gasteiger partial charge is 0.254 e. The van der Waals surface area contributed by atoms with Gasteiger partial charge in [0.2, 0.25) is 0 Å². The minimum absolute atomic E-state index is 0.134. The third kappa shape index (κ3) is 4.58. The van der Waals surface area contributed by atoms with E-state index in [9.17, 15) is 9.18 Å². The van der Waals surface area contributed by atoms with Gasteiger partial charge in [-0.25, -0.2) is 9.37 Å². The highest BCUT2D eigenvalue weighted by Crippen LogP contribution is 2.23. The van der Waals surface area contributed by atoms with Crippen LogP contribution >= 0.6 is 0 Å². The summed E-state index contributed by atoms with van der Waals surface area (Å²) in [6, 6.07) is 17.1. The number of rotatable bonds is 6. The van der Waals surface area contributed by atoms with E-state index in [0.29, 0.717) is 17.9 Å². The van der Waals surface area contributed by atoms with Gasteiger partial charge < -0.3 is 14.0 Å². The summed E-state index contributed by atoms with van der Waals surface area (Å²) < 4.78 is 21.1. The summed E-state index contributed by atoms with van der Waals surface area (Å²) in [5.74, 6) is 0.169. The number of nitrogens with zero attached hydrogens (tertiary/aromatic N) is 3. The van der Waals surface area contributed by atoms with Crippen LogP contribution in [0, 0.1) is 12.7 Å². The van der Waals surface area contributed by atoms with Crippen molar-refractivity contribution in [1.29, 1.82) is 0 Å². The maximum atomic E-state index is 13.2. The Kier molecular flexibility index (Phi) is 5.71. The summed E-state index contributed by atoms with van der Waals surface area (Å²) in [5.41, 5.74) is 4.22. The maximum absolute atomic E-state index is 13.2. The average molecular weight is 417 g/mol. The number of aryl methyl sites for hydroxylation is 1. The van der Waals surface area contributed by atoms with E-state index in [1.807, 2.05) is 48.8 Å². The predicted molar refractivity (Wildman–Crippen MR) is 118 cm³/mol. The molecule has 0 N–H and O–H groups in total. The lowest BCUT2D eigenvalue weighted by Gasteiger charge is -2.25. The zero-order valence-electron chi connectivity index (χ0n) is 17.7. The number of carbonyl (C=O) groups is 1. The fourth-order valence-corrected chi connectivity index (χ4v) is 3.45. The number of ether oxygens (including phenoxy) is 1. The van der Waals surface area contributed by atoms with Crippen molar-refractivity contribution in [1.82, 2.24) is 14.3 Å². The highest BCUT2D eigenvalue weighted by Gasteiger charge is 2.19. The first-order chi connectivity index (χ1) is 14.9. The quantitative estimate of drug-likeness (QED) is 0.434. The number of pyridine rings is 1. The van der Waals surface area contributed by atoms with Gasteiger partial charge >= 0.3 is 0 Å². The van der Waals surface area contributed by atoms with E-state index in [1.54, 1.807) is 42.3 Å². The van der Waals surface area contributed by atoms with E-state index in [1.165, 1.54) is 12.1 Å². The van der Waals surface area contributed by atoms with Gasteiger partial charge in [-0.15, -0.1) is 0 Å². The number of hydrogen-bond acceptors (Lipinski definition) is 3. The summed E-state index contributed by atoms with van der Waals surface area (Å²) in [6.07, 6.45) is 3.96. The van der Waals surface area contributed by atoms with Crippen LogP contribution in [0.15, 0.2) is 73.1 Å². The van der Waals surface area contributed by atoms with Crippen LogP contribution in [0.3, 0.4) is 0 Å². The van der Waals surface area contributed by atoms with Crippen molar-refractivity contribution in [2.75, 3.05) is 7.05 Å². The molecule has 1 amide bonds. The zero-order valence-corrected chi connectivity index (χ0v) is 17.7. The zero-order chi connectivity index (χ0) is 22.0. The highest BCUT2D eigenvalue weighted by atomic mass is 19.1. The first-order valence-electron chi connectivity index (χ1n) is 10.1. The van der Waals surface area contributed by atoms with Crippen molar-refractivity contribution < 1.29 is 13.9 Å². The molecule has 2 aromatic carbocycles. The van der Waals surface area contributed by atoms with Gasteiger partial charge in [0.15, 0.2) is 0 Å². The van der Waals surface area contributed by atoms with E-state index >= 15 is 0 Å². The van der Waals surface area contributed by atoms with Crippen molar-refractivity contribution in [3.05, 3.63) is 101 Å². The van der Waals surface area contributed by atoms with Crippen LogP contribution in [0.1, 0.15) is 40.1 Å². The minimum Gasteiger partial charge on any atom is -0.487 e. The Morgan fingerprint density at radius 1 is 1.13 bits per heavy atom. The molecule has 0 aliphatic heterocycles. The summed E-state index contributed by atoms with van der Waals surface area (Å²) in [5, 5.41) is 0. The normalized spacial score (nSPS) is 12.0. The Balaban J connectivity index is 1.45. The lowest BCUT2D eigenvalue weighted by molar-refractivity contribution is 0.0742. The second kappa shape index (κ2) is 8.60. The summed E-state index contributed by atoms with van der Waals surface area (Å²) in [7, 11) is 1.74. The SMILES string of the molecule is Cc1ccc2nc(COc3cccc(C(=O)N(C)C(C)c4ccc(F)cc4)c3)cn2c1. The van der Waals surface area contributed by atoms with Crippen molar-refractivity contribution in [3.8, 4) is 5.75 Å². The van der Waals surface area contributed by atoms with Crippen molar-refractivity contribution in [2.45, 2.75) is 26.5 Å². The monoisotopic (exact) mass is 417 g/mol. The number of amides is 1. The molecule has 0 saturated carbocycles. The van der Waals surface area contributed by atoms with Gasteiger partial charge in [-0.3, -0.25) is 4.79 Å². The fourth-order valence-electron chi connectivity index (χ4n) is 3.45. The van der Waals surface area contributed by atoms with Gasteiger partial charge in [0.25, 0.3) is 5.91 Å². The van der Waals surface area contributed by atoms with E-state index < -0.39 is 0 Å². The summed E-state index contributed by atoms with van der Waals surface area (Å²) >= 11 is 0. The Bertz CT molecular complexity index is 1220. The number of aromatic nitrogens is 2. The predicted octanol–water partition coefficient (Wildman–Crippen LogP) is 5.19. The molecule has 1 atom stereocenters. The van der Waals surface area contributed by atoms with Gasteiger partial charge in [-0.05, 0) is 61.4 Å². The Hall–Kier alpha value is -3.67. The third-order valence-electron chi connectivity index (χ3n) is 5.37. The molecule has 0 bridgehead atoms. The molecule has 31 heavy (non-hydrogen) atoms. The number of fused-ring (bicyclic) bond motifs is 1. The molecule has 0 aliphatic rings. The maximum Gasteiger partial charge on any atom is 0.254 e. The number of hydrogen-bond donors (Lipinski definition) is 0. The molecule has 4 aromatic rings. The Morgan fingerprint density at radius 2 is 1.90 bits per heavy atom. The first-order valence-corrected chi connectivity index (χ1v) is 10.1. The third-order valence-corrected chi connectivity index (χ3v) is 5.37. The van der Waals surface area contributed by atoms with Crippen LogP contribution in [-0.4, -0.2) is 27.2 Å². The van der Waals surface area contributed by atoms with Gasteiger partial charge in [0.05, 0.1) is 11.7 Å². The summed E-state index contributed by atoms with van der Waals surface area (Å²) in [6.45, 7) is 4.25. The molecule has 0 fully saturated rings. The van der Waals surface area contributed by atoms with Crippen LogP contribution in [0.25, 0.3) is 5.65 Å². The van der Waals surface area contributed by atoms with Gasteiger partial charge in [0.1, 0.15) is 23.8 Å². The van der Waals surface area contributed by atoms with E-state index in [-0.39, 0.29) is 17.8 Å². The molecule has 0 spiro atoms. The molecular formula is C25H24FN3O2. The molecule has 0 saturated heterocycles. The second-order valence-corrected chi connectivity index (χ2v) is 7.66. The van der Waals surface area contributed by atoms with E-state index in [0.717, 1.165) is 22.5 Å². The van der Waals surface area contributed by atoms with Gasteiger partial charge in [-0.2, -0.15) is 0 Å². The van der Waals surface area contributed by atoms with Gasteiger partial charge in [0, 0.05) is 25.0 Å². The van der Waals surface area contributed by atoms with Crippen LogP contribution < -0.4 is 4.74 Å². The molecule has 158 valence electrons. The molecule has 0 radical (unpaired) electrons. The Labute approximate surface area is 180 Å². The van der Waals surface area contributed by atoms with Crippen molar-refractivity contribution in [3.63, 3.8) is 0 Å². The second-order valence-electron chi connectivity index (χ2n) is 7.66. The summed E-state index contributed by atoms with van der Waals surface area (Å²) in [4.78, 5) is 19.2. The molecule has 5 nitrogen and oxygen atoms in total. The number of carbonyl (C=O) groups excluding carboxylic acids is 1. The lowest BCUT2D eigenvalue weighted by Crippen LogP contribution is -2.29. The van der Waals surface area contributed by atoms with E-state index in [4.69, 9.17) is 4.74 Å². The number of benzene rings is 2. The molecule has 2 aromatic heterocycles. The molecule has 2 heterocycles. The lowest BCUT2D eigenvalue weighted by atomic mass is 10.1. The minimum atomic E-state index is -0.296. The largest absolute Gasteiger partial charge is 0.487 e. The van der Waals surface area contributed by atoms with Crippen molar-refractivity contribution in [2.24, 2.45) is 0 Å². The van der Waals surface area contributed by atoms with E-state index in [2.05, 4.69) is 4.98 Å². The van der Waals surface area contributed by atoms with Crippen LogP contribution in [0.4, 0.5) is 4.39 Å². The fraction of sp³-hybridized carbons (Fsp3) is 0.200. The van der Waals surface area contributed by atoms with Crippen LogP contribution in [0.2, 0.25) is 0 Å². The van der Waals surface area contributed by atoms with Crippen LogP contribution in [-0.2, 0) is 6.61 Å². The standard InChI is InChI=1S/C25H24FN3O2/c1-17-7-12-24-27-22(15-29(24)14-17)16-31-23-6-4-5-20(13-23)25(30)28(3)18(2)19-8-10-21(26)11-9-19/h4-15,18H,16H2,1-3H3. The van der Waals surface area contributed by atoms with Crippen molar-refractivity contribution >= 4 is 11.6 Å².